The minimum Gasteiger partial charge on any atom is -0.361 e. The Morgan fingerprint density at radius 2 is 2.03 bits per heavy atom. The summed E-state index contributed by atoms with van der Waals surface area (Å²) < 4.78 is 18.8. The predicted octanol–water partition coefficient (Wildman–Crippen LogP) is 2.73. The number of hydrogen-bond acceptors (Lipinski definition) is 6. The molecule has 1 amide bonds. The zero-order chi connectivity index (χ0) is 21.4. The number of benzene rings is 1. The first-order chi connectivity index (χ1) is 15.1. The number of halogens is 1. The minimum absolute atomic E-state index is 0.0655. The molecule has 0 bridgehead atoms. The largest absolute Gasteiger partial charge is 0.361 e. The lowest BCUT2D eigenvalue weighted by atomic mass is 10.1. The molecule has 3 aromatic heterocycles. The monoisotopic (exact) mass is 420 g/mol. The molecular weight excluding hydrogens is 399 g/mol. The van der Waals surface area contributed by atoms with Crippen LogP contribution in [0, 0.1) is 5.82 Å². The van der Waals surface area contributed by atoms with E-state index in [0.717, 1.165) is 29.6 Å². The molecule has 31 heavy (non-hydrogen) atoms. The Kier molecular flexibility index (Phi) is 4.95. The summed E-state index contributed by atoms with van der Waals surface area (Å²) in [5, 5.41) is 4.95. The number of H-pyrrole nitrogens is 1. The van der Waals surface area contributed by atoms with Crippen molar-refractivity contribution in [2.45, 2.75) is 6.42 Å². The SMILES string of the molecule is CN1CCN(C(=O)c2ccc(-c3noc(Cc4c[nH]c5cc(F)ccc45)n3)cn2)CC1. The molecule has 0 radical (unpaired) electrons. The van der Waals surface area contributed by atoms with Crippen molar-refractivity contribution in [3.63, 3.8) is 0 Å². The van der Waals surface area contributed by atoms with Gasteiger partial charge in [-0.1, -0.05) is 5.16 Å². The van der Waals surface area contributed by atoms with Gasteiger partial charge in [0, 0.05) is 55.0 Å². The Morgan fingerprint density at radius 1 is 1.19 bits per heavy atom. The van der Waals surface area contributed by atoms with Gasteiger partial charge in [0.2, 0.25) is 11.7 Å². The van der Waals surface area contributed by atoms with E-state index >= 15 is 0 Å². The quantitative estimate of drug-likeness (QED) is 0.546. The van der Waals surface area contributed by atoms with Crippen LogP contribution in [0.4, 0.5) is 4.39 Å². The van der Waals surface area contributed by atoms with Crippen LogP contribution in [-0.4, -0.2) is 69.0 Å². The minimum atomic E-state index is -0.289. The second-order valence-electron chi connectivity index (χ2n) is 7.72. The Morgan fingerprint density at radius 3 is 2.81 bits per heavy atom. The van der Waals surface area contributed by atoms with Crippen molar-refractivity contribution in [3.8, 4) is 11.4 Å². The molecule has 4 heterocycles. The molecule has 0 unspecified atom stereocenters. The topological polar surface area (TPSA) is 91.2 Å². The summed E-state index contributed by atoms with van der Waals surface area (Å²) in [6, 6.07) is 8.08. The number of pyridine rings is 1. The van der Waals surface area contributed by atoms with Gasteiger partial charge in [-0.3, -0.25) is 9.78 Å². The highest BCUT2D eigenvalue weighted by Gasteiger charge is 2.21. The zero-order valence-electron chi connectivity index (χ0n) is 17.0. The van der Waals surface area contributed by atoms with Crippen molar-refractivity contribution in [2.24, 2.45) is 0 Å². The summed E-state index contributed by atoms with van der Waals surface area (Å²) >= 11 is 0. The van der Waals surface area contributed by atoms with E-state index in [2.05, 4.69) is 25.0 Å². The number of rotatable bonds is 4. The van der Waals surface area contributed by atoms with Crippen LogP contribution in [0.5, 0.6) is 0 Å². The average molecular weight is 420 g/mol. The number of carbonyl (C=O) groups is 1. The molecule has 1 saturated heterocycles. The highest BCUT2D eigenvalue weighted by molar-refractivity contribution is 5.92. The number of nitrogens with one attached hydrogen (secondary N) is 1. The number of piperazine rings is 1. The molecular formula is C22H21FN6O2. The van der Waals surface area contributed by atoms with Crippen LogP contribution in [0.1, 0.15) is 21.9 Å². The van der Waals surface area contributed by atoms with Crippen molar-refractivity contribution in [1.29, 1.82) is 0 Å². The number of amides is 1. The number of nitrogens with zero attached hydrogens (tertiary/aromatic N) is 5. The molecule has 0 saturated carbocycles. The van der Waals surface area contributed by atoms with Crippen LogP contribution in [-0.2, 0) is 6.42 Å². The van der Waals surface area contributed by atoms with Gasteiger partial charge in [0.1, 0.15) is 11.5 Å². The van der Waals surface area contributed by atoms with Crippen molar-refractivity contribution in [3.05, 3.63) is 65.7 Å². The van der Waals surface area contributed by atoms with Crippen molar-refractivity contribution in [1.82, 2.24) is 29.9 Å². The highest BCUT2D eigenvalue weighted by Crippen LogP contribution is 2.23. The smallest absolute Gasteiger partial charge is 0.272 e. The van der Waals surface area contributed by atoms with Crippen LogP contribution in [0.15, 0.2) is 47.2 Å². The van der Waals surface area contributed by atoms with Crippen LogP contribution in [0.25, 0.3) is 22.3 Å². The van der Waals surface area contributed by atoms with E-state index in [0.29, 0.717) is 42.5 Å². The molecule has 4 aromatic rings. The number of fused-ring (bicyclic) bond motifs is 1. The van der Waals surface area contributed by atoms with Gasteiger partial charge in [0.15, 0.2) is 0 Å². The molecule has 1 aliphatic heterocycles. The Bertz CT molecular complexity index is 1220. The molecule has 5 rings (SSSR count). The second kappa shape index (κ2) is 7.92. The fraction of sp³-hybridized carbons (Fsp3) is 0.273. The maximum atomic E-state index is 13.4. The standard InChI is InChI=1S/C22H21FN6O2/c1-28-6-8-29(9-7-28)22(30)18-5-2-14(12-24-18)21-26-20(31-27-21)10-15-13-25-19-11-16(23)3-4-17(15)19/h2-5,11-13,25H,6-10H2,1H3. The molecule has 1 aromatic carbocycles. The molecule has 0 atom stereocenters. The van der Waals surface area contributed by atoms with E-state index < -0.39 is 0 Å². The van der Waals surface area contributed by atoms with Crippen LogP contribution in [0.3, 0.4) is 0 Å². The maximum absolute atomic E-state index is 13.4. The zero-order valence-corrected chi connectivity index (χ0v) is 17.0. The molecule has 9 heteroatoms. The van der Waals surface area contributed by atoms with Crippen LogP contribution >= 0.6 is 0 Å². The normalized spacial score (nSPS) is 15.0. The number of carbonyl (C=O) groups excluding carboxylic acids is 1. The lowest BCUT2D eigenvalue weighted by Crippen LogP contribution is -2.47. The molecule has 1 fully saturated rings. The van der Waals surface area contributed by atoms with E-state index in [1.54, 1.807) is 24.4 Å². The average Bonchev–Trinajstić information content (AvgIpc) is 3.41. The molecule has 158 valence electrons. The molecule has 0 spiro atoms. The van der Waals surface area contributed by atoms with Gasteiger partial charge < -0.3 is 19.3 Å². The van der Waals surface area contributed by atoms with Gasteiger partial charge in [-0.2, -0.15) is 4.98 Å². The van der Waals surface area contributed by atoms with Crippen molar-refractivity contribution >= 4 is 16.8 Å². The van der Waals surface area contributed by atoms with Gasteiger partial charge >= 0.3 is 0 Å². The number of hydrogen-bond donors (Lipinski definition) is 1. The molecule has 1 N–H and O–H groups in total. The highest BCUT2D eigenvalue weighted by atomic mass is 19.1. The summed E-state index contributed by atoms with van der Waals surface area (Å²) in [4.78, 5) is 28.5. The summed E-state index contributed by atoms with van der Waals surface area (Å²) in [7, 11) is 2.05. The van der Waals surface area contributed by atoms with Crippen LogP contribution < -0.4 is 0 Å². The van der Waals surface area contributed by atoms with Gasteiger partial charge in [0.05, 0.1) is 6.42 Å². The first kappa shape index (κ1) is 19.4. The molecule has 8 nitrogen and oxygen atoms in total. The third-order valence-electron chi connectivity index (χ3n) is 5.57. The Hall–Kier alpha value is -3.59. The molecule has 1 aliphatic rings. The fourth-order valence-electron chi connectivity index (χ4n) is 3.74. The van der Waals surface area contributed by atoms with Gasteiger partial charge in [-0.25, -0.2) is 4.39 Å². The fourth-order valence-corrected chi connectivity index (χ4v) is 3.74. The Balaban J connectivity index is 1.29. The van der Waals surface area contributed by atoms with Gasteiger partial charge in [0.25, 0.3) is 5.91 Å². The summed E-state index contributed by atoms with van der Waals surface area (Å²) in [5.74, 6) is 0.497. The van der Waals surface area contributed by atoms with Crippen molar-refractivity contribution in [2.75, 3.05) is 33.2 Å². The van der Waals surface area contributed by atoms with Gasteiger partial charge in [-0.15, -0.1) is 0 Å². The van der Waals surface area contributed by atoms with Gasteiger partial charge in [-0.05, 0) is 42.9 Å². The van der Waals surface area contributed by atoms with E-state index in [1.165, 1.54) is 12.1 Å². The summed E-state index contributed by atoms with van der Waals surface area (Å²) in [5.41, 5.74) is 2.74. The third kappa shape index (κ3) is 3.91. The summed E-state index contributed by atoms with van der Waals surface area (Å²) in [6.45, 7) is 3.13. The first-order valence-electron chi connectivity index (χ1n) is 10.1. The van der Waals surface area contributed by atoms with Crippen molar-refractivity contribution < 1.29 is 13.7 Å². The lowest BCUT2D eigenvalue weighted by Gasteiger charge is -2.32. The summed E-state index contributed by atoms with van der Waals surface area (Å²) in [6.07, 6.45) is 3.83. The van der Waals surface area contributed by atoms with E-state index in [-0.39, 0.29) is 11.7 Å². The number of aromatic nitrogens is 4. The maximum Gasteiger partial charge on any atom is 0.272 e. The van der Waals surface area contributed by atoms with E-state index in [4.69, 9.17) is 4.52 Å². The second-order valence-corrected chi connectivity index (χ2v) is 7.72. The predicted molar refractivity (Wildman–Crippen MR) is 112 cm³/mol. The number of likely N-dealkylation sites (N-methyl/N-ethyl adjacent to an activating group) is 1. The number of aromatic amines is 1. The van der Waals surface area contributed by atoms with E-state index in [1.807, 2.05) is 18.1 Å². The molecule has 0 aliphatic carbocycles. The third-order valence-corrected chi connectivity index (χ3v) is 5.57. The lowest BCUT2D eigenvalue weighted by molar-refractivity contribution is 0.0658. The van der Waals surface area contributed by atoms with E-state index in [9.17, 15) is 9.18 Å². The Labute approximate surface area is 177 Å². The van der Waals surface area contributed by atoms with Crippen LogP contribution in [0.2, 0.25) is 0 Å². The first-order valence-corrected chi connectivity index (χ1v) is 10.1.